The van der Waals surface area contributed by atoms with Gasteiger partial charge >= 0.3 is 0 Å². The van der Waals surface area contributed by atoms with Gasteiger partial charge in [-0.15, -0.1) is 0 Å². The van der Waals surface area contributed by atoms with E-state index in [0.29, 0.717) is 28.2 Å². The molecule has 1 heterocycles. The average Bonchev–Trinajstić information content (AvgIpc) is 2.81. The predicted molar refractivity (Wildman–Crippen MR) is 119 cm³/mol. The van der Waals surface area contributed by atoms with Crippen LogP contribution in [-0.2, 0) is 4.79 Å². The van der Waals surface area contributed by atoms with Gasteiger partial charge in [0.2, 0.25) is 5.91 Å². The molecule has 2 aliphatic rings. The zero-order chi connectivity index (χ0) is 22.8. The van der Waals surface area contributed by atoms with E-state index >= 15 is 0 Å². The van der Waals surface area contributed by atoms with E-state index in [1.807, 2.05) is 0 Å². The van der Waals surface area contributed by atoms with Crippen molar-refractivity contribution in [1.29, 1.82) is 0 Å². The Labute approximate surface area is 187 Å². The molecule has 1 saturated carbocycles. The number of benzene rings is 2. The summed E-state index contributed by atoms with van der Waals surface area (Å²) in [4.78, 5) is 28.5. The molecule has 2 aromatic carbocycles. The molecule has 1 aliphatic heterocycles. The number of hydrogen-bond donors (Lipinski definition) is 1. The molecule has 7 heteroatoms. The Hall–Kier alpha value is -3.09. The van der Waals surface area contributed by atoms with Gasteiger partial charge in [-0.2, -0.15) is 0 Å². The van der Waals surface area contributed by atoms with Crippen LogP contribution in [0.3, 0.4) is 0 Å². The Morgan fingerprint density at radius 3 is 2.34 bits per heavy atom. The number of carbonyl (C=O) groups is 2. The summed E-state index contributed by atoms with van der Waals surface area (Å²) in [6, 6.07) is 8.90. The van der Waals surface area contributed by atoms with E-state index in [4.69, 9.17) is 9.47 Å². The predicted octanol–water partition coefficient (Wildman–Crippen LogP) is 4.20. The fraction of sp³-hybridized carbons (Fsp3) is 0.440. The fourth-order valence-corrected chi connectivity index (χ4v) is 4.97. The highest BCUT2D eigenvalue weighted by Gasteiger charge is 2.44. The number of ether oxygens (including phenoxy) is 2. The molecule has 170 valence electrons. The molecule has 32 heavy (non-hydrogen) atoms. The largest absolute Gasteiger partial charge is 0.493 e. The standard InChI is InChI=1S/C25H29FN2O4/c1-28-23(16-11-7-8-12-19(16)26)22(24(29)27-15-9-5-4-6-10-15)17-13-20(31-2)21(32-3)14-18(17)25(28)30/h7-8,11-15,22-23H,4-6,9-10H2,1-3H3,(H,27,29)/t22-,23-/m1/s1. The maximum Gasteiger partial charge on any atom is 0.254 e. The highest BCUT2D eigenvalue weighted by atomic mass is 19.1. The maximum atomic E-state index is 14.9. The normalized spacial score (nSPS) is 21.1. The van der Waals surface area contributed by atoms with Crippen LogP contribution in [0.2, 0.25) is 0 Å². The zero-order valence-electron chi connectivity index (χ0n) is 18.7. The van der Waals surface area contributed by atoms with E-state index in [1.54, 1.807) is 37.4 Å². The van der Waals surface area contributed by atoms with Gasteiger partial charge in [0, 0.05) is 24.2 Å². The van der Waals surface area contributed by atoms with Gasteiger partial charge < -0.3 is 19.7 Å². The minimum Gasteiger partial charge on any atom is -0.493 e. The lowest BCUT2D eigenvalue weighted by Gasteiger charge is -2.40. The summed E-state index contributed by atoms with van der Waals surface area (Å²) in [7, 11) is 4.61. The Bertz CT molecular complexity index is 1020. The molecule has 0 spiro atoms. The van der Waals surface area contributed by atoms with Gasteiger partial charge in [-0.1, -0.05) is 37.5 Å². The van der Waals surface area contributed by atoms with Crippen LogP contribution in [-0.4, -0.2) is 44.0 Å². The van der Waals surface area contributed by atoms with Gasteiger partial charge in [0.05, 0.1) is 26.2 Å². The molecule has 4 rings (SSSR count). The third-order valence-corrected chi connectivity index (χ3v) is 6.63. The van der Waals surface area contributed by atoms with E-state index in [-0.39, 0.29) is 17.9 Å². The van der Waals surface area contributed by atoms with Crippen LogP contribution < -0.4 is 14.8 Å². The van der Waals surface area contributed by atoms with Crippen molar-refractivity contribution in [3.63, 3.8) is 0 Å². The lowest BCUT2D eigenvalue weighted by Crippen LogP contribution is -2.48. The molecule has 2 amide bonds. The highest BCUT2D eigenvalue weighted by Crippen LogP contribution is 2.46. The molecule has 1 fully saturated rings. The second-order valence-corrected chi connectivity index (χ2v) is 8.50. The van der Waals surface area contributed by atoms with E-state index in [9.17, 15) is 14.0 Å². The molecule has 0 bridgehead atoms. The average molecular weight is 441 g/mol. The number of hydrogen-bond acceptors (Lipinski definition) is 4. The third kappa shape index (κ3) is 3.92. The minimum absolute atomic E-state index is 0.0871. The molecular formula is C25H29FN2O4. The second-order valence-electron chi connectivity index (χ2n) is 8.50. The Morgan fingerprint density at radius 1 is 1.03 bits per heavy atom. The summed E-state index contributed by atoms with van der Waals surface area (Å²) < 4.78 is 25.7. The van der Waals surface area contributed by atoms with Gasteiger partial charge in [-0.25, -0.2) is 4.39 Å². The van der Waals surface area contributed by atoms with Crippen LogP contribution >= 0.6 is 0 Å². The summed E-state index contributed by atoms with van der Waals surface area (Å²) in [5.74, 6) is -0.910. The van der Waals surface area contributed by atoms with Gasteiger partial charge in [-0.3, -0.25) is 9.59 Å². The number of halogens is 1. The van der Waals surface area contributed by atoms with Crippen molar-refractivity contribution >= 4 is 11.8 Å². The number of nitrogens with zero attached hydrogens (tertiary/aromatic N) is 1. The Kier molecular flexibility index (Phi) is 6.35. The van der Waals surface area contributed by atoms with Crippen molar-refractivity contribution in [3.05, 3.63) is 58.9 Å². The van der Waals surface area contributed by atoms with Crippen LogP contribution in [0.1, 0.15) is 65.5 Å². The number of rotatable bonds is 5. The van der Waals surface area contributed by atoms with Gasteiger partial charge in [0.25, 0.3) is 5.91 Å². The molecule has 0 radical (unpaired) electrons. The van der Waals surface area contributed by atoms with Gasteiger partial charge in [-0.05, 0) is 36.6 Å². The Morgan fingerprint density at radius 2 is 1.69 bits per heavy atom. The van der Waals surface area contributed by atoms with Crippen molar-refractivity contribution in [2.24, 2.45) is 0 Å². The molecule has 6 nitrogen and oxygen atoms in total. The number of methoxy groups -OCH3 is 2. The van der Waals surface area contributed by atoms with Crippen LogP contribution in [0.4, 0.5) is 4.39 Å². The molecule has 1 aliphatic carbocycles. The lowest BCUT2D eigenvalue weighted by atomic mass is 9.78. The second kappa shape index (κ2) is 9.18. The first-order chi connectivity index (χ1) is 15.5. The van der Waals surface area contributed by atoms with E-state index in [2.05, 4.69) is 5.32 Å². The van der Waals surface area contributed by atoms with Crippen molar-refractivity contribution in [2.75, 3.05) is 21.3 Å². The molecule has 2 aromatic rings. The molecule has 0 aromatic heterocycles. The first-order valence-corrected chi connectivity index (χ1v) is 11.0. The van der Waals surface area contributed by atoms with Crippen LogP contribution in [0.15, 0.2) is 36.4 Å². The SMILES string of the molecule is COc1cc2c(cc1OC)[C@@H](C(=O)NC1CCCCC1)[C@@H](c1ccccc1F)N(C)C2=O. The molecular weight excluding hydrogens is 411 g/mol. The number of carbonyl (C=O) groups excluding carboxylic acids is 2. The molecule has 1 N–H and O–H groups in total. The zero-order valence-corrected chi connectivity index (χ0v) is 18.7. The van der Waals surface area contributed by atoms with Crippen LogP contribution in [0.25, 0.3) is 0 Å². The smallest absolute Gasteiger partial charge is 0.254 e. The molecule has 0 unspecified atom stereocenters. The lowest BCUT2D eigenvalue weighted by molar-refractivity contribution is -0.125. The van der Waals surface area contributed by atoms with Crippen molar-refractivity contribution in [3.8, 4) is 11.5 Å². The molecule has 2 atom stereocenters. The fourth-order valence-electron chi connectivity index (χ4n) is 4.97. The maximum absolute atomic E-state index is 14.9. The van der Waals surface area contributed by atoms with Crippen LogP contribution in [0.5, 0.6) is 11.5 Å². The van der Waals surface area contributed by atoms with Gasteiger partial charge in [0.1, 0.15) is 5.82 Å². The quantitative estimate of drug-likeness (QED) is 0.757. The number of nitrogens with one attached hydrogen (secondary N) is 1. The summed E-state index contributed by atoms with van der Waals surface area (Å²) in [6.07, 6.45) is 5.18. The first-order valence-electron chi connectivity index (χ1n) is 11.0. The van der Waals surface area contributed by atoms with Gasteiger partial charge in [0.15, 0.2) is 11.5 Å². The summed E-state index contributed by atoms with van der Waals surface area (Å²) in [6.45, 7) is 0. The van der Waals surface area contributed by atoms with E-state index < -0.39 is 17.8 Å². The molecule has 0 saturated heterocycles. The van der Waals surface area contributed by atoms with Crippen LogP contribution in [0, 0.1) is 5.82 Å². The summed E-state index contributed by atoms with van der Waals surface area (Å²) >= 11 is 0. The van der Waals surface area contributed by atoms with E-state index in [0.717, 1.165) is 25.7 Å². The number of likely N-dealkylation sites (N-methyl/N-ethyl adjacent to an activating group) is 1. The van der Waals surface area contributed by atoms with Crippen molar-refractivity contribution in [1.82, 2.24) is 10.2 Å². The Balaban J connectivity index is 1.85. The summed E-state index contributed by atoms with van der Waals surface area (Å²) in [5, 5.41) is 3.18. The van der Waals surface area contributed by atoms with Crippen molar-refractivity contribution in [2.45, 2.75) is 50.1 Å². The highest BCUT2D eigenvalue weighted by molar-refractivity contribution is 6.02. The number of fused-ring (bicyclic) bond motifs is 1. The third-order valence-electron chi connectivity index (χ3n) is 6.63. The first kappa shape index (κ1) is 22.1. The monoisotopic (exact) mass is 440 g/mol. The minimum atomic E-state index is -0.786. The van der Waals surface area contributed by atoms with Crippen molar-refractivity contribution < 1.29 is 23.5 Å². The van der Waals surface area contributed by atoms with E-state index in [1.165, 1.54) is 31.6 Å². The number of amides is 2. The summed E-state index contributed by atoms with van der Waals surface area (Å²) in [5.41, 5.74) is 1.20. The topological polar surface area (TPSA) is 67.9 Å².